The SMILES string of the molecule is CCOc1ccc(C=C2N=C(c3cccc([N+](=O)[O-])c3)OC2=O)cc1OC. The predicted molar refractivity (Wildman–Crippen MR) is 97.9 cm³/mol. The lowest BCUT2D eigenvalue weighted by atomic mass is 10.1. The Morgan fingerprint density at radius 1 is 1.22 bits per heavy atom. The van der Waals surface area contributed by atoms with E-state index in [9.17, 15) is 14.9 Å². The lowest BCUT2D eigenvalue weighted by Crippen LogP contribution is -2.05. The molecule has 0 aliphatic carbocycles. The van der Waals surface area contributed by atoms with Crippen molar-refractivity contribution in [2.75, 3.05) is 13.7 Å². The van der Waals surface area contributed by atoms with Gasteiger partial charge in [0, 0.05) is 17.7 Å². The number of rotatable bonds is 6. The summed E-state index contributed by atoms with van der Waals surface area (Å²) in [4.78, 5) is 26.6. The maximum Gasteiger partial charge on any atom is 0.363 e. The van der Waals surface area contributed by atoms with E-state index in [2.05, 4.69) is 4.99 Å². The Labute approximate surface area is 154 Å². The Kier molecular flexibility index (Phi) is 5.16. The fourth-order valence-corrected chi connectivity index (χ4v) is 2.49. The lowest BCUT2D eigenvalue weighted by molar-refractivity contribution is -0.384. The van der Waals surface area contributed by atoms with E-state index in [1.165, 1.54) is 25.3 Å². The second-order valence-corrected chi connectivity index (χ2v) is 5.49. The molecular formula is C19H16N2O6. The van der Waals surface area contributed by atoms with Gasteiger partial charge in [-0.25, -0.2) is 9.79 Å². The first-order chi connectivity index (χ1) is 13.0. The Bertz CT molecular complexity index is 964. The summed E-state index contributed by atoms with van der Waals surface area (Å²) in [6, 6.07) is 10.9. The highest BCUT2D eigenvalue weighted by atomic mass is 16.6. The van der Waals surface area contributed by atoms with Gasteiger partial charge in [0.05, 0.1) is 18.6 Å². The van der Waals surface area contributed by atoms with Crippen LogP contribution in [0.3, 0.4) is 0 Å². The topological polar surface area (TPSA) is 100 Å². The van der Waals surface area contributed by atoms with Crippen molar-refractivity contribution in [2.24, 2.45) is 4.99 Å². The van der Waals surface area contributed by atoms with E-state index >= 15 is 0 Å². The van der Waals surface area contributed by atoms with Gasteiger partial charge in [-0.1, -0.05) is 12.1 Å². The quantitative estimate of drug-likeness (QED) is 0.335. The first kappa shape index (κ1) is 18.1. The predicted octanol–water partition coefficient (Wildman–Crippen LogP) is 3.35. The molecular weight excluding hydrogens is 352 g/mol. The number of carbonyl (C=O) groups is 1. The van der Waals surface area contributed by atoms with Gasteiger partial charge in [-0.05, 0) is 36.8 Å². The van der Waals surface area contributed by atoms with Crippen LogP contribution in [0.2, 0.25) is 0 Å². The minimum Gasteiger partial charge on any atom is -0.493 e. The molecule has 0 amide bonds. The molecule has 8 nitrogen and oxygen atoms in total. The molecule has 0 saturated carbocycles. The van der Waals surface area contributed by atoms with Gasteiger partial charge >= 0.3 is 5.97 Å². The van der Waals surface area contributed by atoms with Gasteiger partial charge in [0.25, 0.3) is 5.69 Å². The van der Waals surface area contributed by atoms with Gasteiger partial charge in [-0.15, -0.1) is 0 Å². The van der Waals surface area contributed by atoms with Crippen molar-refractivity contribution >= 4 is 23.6 Å². The number of ether oxygens (including phenoxy) is 3. The van der Waals surface area contributed by atoms with Crippen molar-refractivity contribution in [1.82, 2.24) is 0 Å². The van der Waals surface area contributed by atoms with Gasteiger partial charge in [-0.3, -0.25) is 10.1 Å². The summed E-state index contributed by atoms with van der Waals surface area (Å²) in [6.07, 6.45) is 1.55. The largest absolute Gasteiger partial charge is 0.493 e. The molecule has 1 aliphatic heterocycles. The van der Waals surface area contributed by atoms with E-state index in [0.717, 1.165) is 0 Å². The number of non-ortho nitro benzene ring substituents is 1. The van der Waals surface area contributed by atoms with E-state index in [0.29, 0.717) is 29.2 Å². The van der Waals surface area contributed by atoms with E-state index in [1.807, 2.05) is 6.92 Å². The van der Waals surface area contributed by atoms with E-state index < -0.39 is 10.9 Å². The molecule has 1 heterocycles. The molecule has 2 aromatic carbocycles. The molecule has 0 aromatic heterocycles. The Morgan fingerprint density at radius 2 is 2.04 bits per heavy atom. The Morgan fingerprint density at radius 3 is 2.74 bits per heavy atom. The molecule has 0 N–H and O–H groups in total. The van der Waals surface area contributed by atoms with Crippen LogP contribution in [0.5, 0.6) is 11.5 Å². The van der Waals surface area contributed by atoms with Gasteiger partial charge in [-0.2, -0.15) is 0 Å². The minimum absolute atomic E-state index is 0.0212. The number of nitro benzene ring substituents is 1. The number of benzene rings is 2. The molecule has 0 fully saturated rings. The summed E-state index contributed by atoms with van der Waals surface area (Å²) >= 11 is 0. The molecule has 1 aliphatic rings. The number of nitrogens with zero attached hydrogens (tertiary/aromatic N) is 2. The van der Waals surface area contributed by atoms with Gasteiger partial charge < -0.3 is 14.2 Å². The highest BCUT2D eigenvalue weighted by Crippen LogP contribution is 2.30. The zero-order valence-corrected chi connectivity index (χ0v) is 14.7. The molecule has 3 rings (SSSR count). The normalized spacial score (nSPS) is 14.7. The number of carbonyl (C=O) groups excluding carboxylic acids is 1. The summed E-state index contributed by atoms with van der Waals surface area (Å²) in [5.41, 5.74) is 0.999. The third kappa shape index (κ3) is 3.95. The monoisotopic (exact) mass is 368 g/mol. The van der Waals surface area contributed by atoms with Gasteiger partial charge in [0.15, 0.2) is 17.2 Å². The van der Waals surface area contributed by atoms with Crippen molar-refractivity contribution in [1.29, 1.82) is 0 Å². The van der Waals surface area contributed by atoms with Crippen molar-refractivity contribution in [3.8, 4) is 11.5 Å². The van der Waals surface area contributed by atoms with Crippen LogP contribution in [0.25, 0.3) is 6.08 Å². The van der Waals surface area contributed by atoms with Crippen LogP contribution in [0, 0.1) is 10.1 Å². The molecule has 138 valence electrons. The smallest absolute Gasteiger partial charge is 0.363 e. The maximum atomic E-state index is 12.1. The minimum atomic E-state index is -0.635. The third-order valence-corrected chi connectivity index (χ3v) is 3.72. The second-order valence-electron chi connectivity index (χ2n) is 5.49. The number of methoxy groups -OCH3 is 1. The highest BCUT2D eigenvalue weighted by Gasteiger charge is 2.25. The van der Waals surface area contributed by atoms with Crippen LogP contribution >= 0.6 is 0 Å². The van der Waals surface area contributed by atoms with Crippen molar-refractivity contribution < 1.29 is 23.9 Å². The van der Waals surface area contributed by atoms with Crippen molar-refractivity contribution in [3.05, 3.63) is 69.4 Å². The fraction of sp³-hybridized carbons (Fsp3) is 0.158. The van der Waals surface area contributed by atoms with Crippen LogP contribution in [0.15, 0.2) is 53.2 Å². The van der Waals surface area contributed by atoms with Crippen LogP contribution in [0.4, 0.5) is 5.69 Å². The molecule has 2 aromatic rings. The highest BCUT2D eigenvalue weighted by molar-refractivity contribution is 6.13. The number of esters is 1. The van der Waals surface area contributed by atoms with Crippen LogP contribution in [0.1, 0.15) is 18.1 Å². The Balaban J connectivity index is 1.92. The molecule has 0 atom stereocenters. The summed E-state index contributed by atoms with van der Waals surface area (Å²) in [5.74, 6) is 0.509. The van der Waals surface area contributed by atoms with Crippen LogP contribution < -0.4 is 9.47 Å². The maximum absolute atomic E-state index is 12.1. The molecule has 8 heteroatoms. The van der Waals surface area contributed by atoms with Crippen molar-refractivity contribution in [2.45, 2.75) is 6.92 Å². The molecule has 0 saturated heterocycles. The number of nitro groups is 1. The van der Waals surface area contributed by atoms with Gasteiger partial charge in [0.2, 0.25) is 5.90 Å². The van der Waals surface area contributed by atoms with E-state index in [1.54, 1.807) is 30.3 Å². The summed E-state index contributed by atoms with van der Waals surface area (Å²) in [6.45, 7) is 2.37. The number of aliphatic imine (C=N–C) groups is 1. The standard InChI is InChI=1S/C19H16N2O6/c1-3-26-16-8-7-12(10-17(16)25-2)9-15-19(22)27-18(20-15)13-5-4-6-14(11-13)21(23)24/h4-11H,3H2,1-2H3. The first-order valence-electron chi connectivity index (χ1n) is 8.10. The zero-order chi connectivity index (χ0) is 19.4. The zero-order valence-electron chi connectivity index (χ0n) is 14.7. The third-order valence-electron chi connectivity index (χ3n) is 3.72. The summed E-state index contributed by atoms with van der Waals surface area (Å²) in [7, 11) is 1.52. The summed E-state index contributed by atoms with van der Waals surface area (Å²) < 4.78 is 15.9. The second kappa shape index (κ2) is 7.69. The number of hydrogen-bond donors (Lipinski definition) is 0. The molecule has 0 spiro atoms. The number of cyclic esters (lactones) is 1. The van der Waals surface area contributed by atoms with E-state index in [4.69, 9.17) is 14.2 Å². The van der Waals surface area contributed by atoms with E-state index in [-0.39, 0.29) is 17.3 Å². The Hall–Kier alpha value is -3.68. The average Bonchev–Trinajstić information content (AvgIpc) is 3.03. The molecule has 0 bridgehead atoms. The first-order valence-corrected chi connectivity index (χ1v) is 8.10. The fourth-order valence-electron chi connectivity index (χ4n) is 2.49. The molecule has 0 unspecified atom stereocenters. The van der Waals surface area contributed by atoms with Gasteiger partial charge in [0.1, 0.15) is 0 Å². The van der Waals surface area contributed by atoms with Crippen LogP contribution in [-0.2, 0) is 9.53 Å². The molecule has 0 radical (unpaired) electrons. The van der Waals surface area contributed by atoms with Crippen molar-refractivity contribution in [3.63, 3.8) is 0 Å². The summed E-state index contributed by atoms with van der Waals surface area (Å²) in [5, 5.41) is 10.9. The lowest BCUT2D eigenvalue weighted by Gasteiger charge is -2.09. The number of hydrogen-bond acceptors (Lipinski definition) is 7. The average molecular weight is 368 g/mol. The van der Waals surface area contributed by atoms with Crippen LogP contribution in [-0.4, -0.2) is 30.5 Å². The molecule has 27 heavy (non-hydrogen) atoms.